The van der Waals surface area contributed by atoms with E-state index < -0.39 is 21.6 Å². The van der Waals surface area contributed by atoms with Crippen LogP contribution in [0, 0.1) is 24.7 Å². The van der Waals surface area contributed by atoms with Crippen molar-refractivity contribution in [1.29, 1.82) is 0 Å². The summed E-state index contributed by atoms with van der Waals surface area (Å²) in [5.74, 6) is 4.34. The van der Waals surface area contributed by atoms with Gasteiger partial charge in [0.05, 0.1) is 0 Å². The Labute approximate surface area is 91.3 Å². The maximum Gasteiger partial charge on any atom is 0.402 e. The first kappa shape index (κ1) is 14.0. The summed E-state index contributed by atoms with van der Waals surface area (Å²) in [7, 11) is -4.21. The van der Waals surface area contributed by atoms with Crippen molar-refractivity contribution in [1.82, 2.24) is 0 Å². The summed E-state index contributed by atoms with van der Waals surface area (Å²) >= 11 is 0. The van der Waals surface area contributed by atoms with E-state index in [1.165, 1.54) is 27.7 Å². The Morgan fingerprint density at radius 1 is 0.933 bits per heavy atom. The fourth-order valence-corrected chi connectivity index (χ4v) is 1.73. The summed E-state index contributed by atoms with van der Waals surface area (Å²) in [5.41, 5.74) is -2.52. The molecule has 0 heterocycles. The van der Waals surface area contributed by atoms with Crippen LogP contribution in [0.25, 0.3) is 0 Å². The van der Waals surface area contributed by atoms with Gasteiger partial charge in [-0.05, 0) is 27.7 Å². The molecular weight excluding hydrogens is 216 g/mol. The zero-order valence-corrected chi connectivity index (χ0v) is 10.0. The molecule has 0 rings (SSSR count). The summed E-state index contributed by atoms with van der Waals surface area (Å²) in [4.78, 5) is 0. The second-order valence-electron chi connectivity index (χ2n) is 3.88. The molecule has 0 unspecified atom stereocenters. The van der Waals surface area contributed by atoms with Gasteiger partial charge in [-0.2, -0.15) is 8.42 Å². The van der Waals surface area contributed by atoms with Gasteiger partial charge in [0.2, 0.25) is 0 Å². The molecule has 0 aliphatic heterocycles. The molecule has 0 atom stereocenters. The third-order valence-corrected chi connectivity index (χ3v) is 2.56. The van der Waals surface area contributed by atoms with E-state index in [0.717, 1.165) is 0 Å². The Morgan fingerprint density at radius 3 is 1.40 bits per heavy atom. The monoisotopic (exact) mass is 230 g/mol. The molecule has 0 N–H and O–H groups in total. The third kappa shape index (κ3) is 5.44. The average molecular weight is 230 g/mol. The first-order valence-electron chi connectivity index (χ1n) is 4.15. The van der Waals surface area contributed by atoms with Gasteiger partial charge in [0.15, 0.2) is 0 Å². The van der Waals surface area contributed by atoms with E-state index >= 15 is 0 Å². The minimum Gasteiger partial charge on any atom is -0.229 e. The van der Waals surface area contributed by atoms with Crippen molar-refractivity contribution in [3.8, 4) is 24.7 Å². The van der Waals surface area contributed by atoms with Crippen molar-refractivity contribution >= 4 is 10.4 Å². The molecule has 0 radical (unpaired) electrons. The lowest BCUT2D eigenvalue weighted by molar-refractivity contribution is 0.0942. The Balaban J connectivity index is 4.79. The molecular formula is C10H14O4S. The van der Waals surface area contributed by atoms with Gasteiger partial charge in [-0.1, -0.05) is 11.8 Å². The van der Waals surface area contributed by atoms with Crippen molar-refractivity contribution in [3.05, 3.63) is 0 Å². The average Bonchev–Trinajstić information content (AvgIpc) is 2.00. The van der Waals surface area contributed by atoms with Gasteiger partial charge < -0.3 is 0 Å². The molecule has 0 saturated heterocycles. The van der Waals surface area contributed by atoms with Crippen LogP contribution in [0.15, 0.2) is 0 Å². The molecule has 0 aromatic rings. The van der Waals surface area contributed by atoms with Gasteiger partial charge in [0, 0.05) is 0 Å². The van der Waals surface area contributed by atoms with Crippen molar-refractivity contribution in [3.63, 3.8) is 0 Å². The SMILES string of the molecule is C#CC(C)(C)OS(=O)(=O)OC(C)(C)C#C. The van der Waals surface area contributed by atoms with Gasteiger partial charge in [-0.25, -0.2) is 8.37 Å². The fourth-order valence-electron chi connectivity index (χ4n) is 0.575. The summed E-state index contributed by atoms with van der Waals surface area (Å²) in [5, 5.41) is 0. The summed E-state index contributed by atoms with van der Waals surface area (Å²) in [6.07, 6.45) is 10.1. The minimum atomic E-state index is -4.21. The third-order valence-electron chi connectivity index (χ3n) is 1.32. The quantitative estimate of drug-likeness (QED) is 0.678. The maximum atomic E-state index is 11.3. The normalized spacial score (nSPS) is 12.9. The predicted octanol–water partition coefficient (Wildman–Crippen LogP) is 1.09. The first-order chi connectivity index (χ1) is 6.54. The lowest BCUT2D eigenvalue weighted by atomic mass is 10.2. The Morgan fingerprint density at radius 2 is 1.20 bits per heavy atom. The predicted molar refractivity (Wildman–Crippen MR) is 56.9 cm³/mol. The van der Waals surface area contributed by atoms with Crippen molar-refractivity contribution in [2.75, 3.05) is 0 Å². The molecule has 15 heavy (non-hydrogen) atoms. The number of terminal acetylenes is 2. The van der Waals surface area contributed by atoms with Gasteiger partial charge >= 0.3 is 10.4 Å². The number of hydrogen-bond acceptors (Lipinski definition) is 4. The van der Waals surface area contributed by atoms with Crippen LogP contribution in [0.5, 0.6) is 0 Å². The molecule has 0 aromatic heterocycles. The highest BCUT2D eigenvalue weighted by Gasteiger charge is 2.31. The summed E-state index contributed by atoms with van der Waals surface area (Å²) in [6.45, 7) is 5.71. The molecule has 0 aromatic carbocycles. The molecule has 0 aliphatic rings. The zero-order valence-electron chi connectivity index (χ0n) is 9.20. The van der Waals surface area contributed by atoms with Crippen molar-refractivity contribution < 1.29 is 16.8 Å². The fraction of sp³-hybridized carbons (Fsp3) is 0.600. The lowest BCUT2D eigenvalue weighted by Gasteiger charge is -2.22. The van der Waals surface area contributed by atoms with Crippen LogP contribution >= 0.6 is 0 Å². The van der Waals surface area contributed by atoms with E-state index in [1.807, 2.05) is 0 Å². The van der Waals surface area contributed by atoms with Crippen molar-refractivity contribution in [2.24, 2.45) is 0 Å². The standard InChI is InChI=1S/C10H14O4S/c1-7-9(3,4)13-15(11,12)14-10(5,6)8-2/h1-2H,3-6H3. The molecule has 0 fully saturated rings. The number of hydrogen-bond donors (Lipinski definition) is 0. The number of rotatable bonds is 4. The van der Waals surface area contributed by atoms with E-state index in [1.54, 1.807) is 0 Å². The smallest absolute Gasteiger partial charge is 0.229 e. The van der Waals surface area contributed by atoms with Crippen LogP contribution in [0.2, 0.25) is 0 Å². The summed E-state index contributed by atoms with van der Waals surface area (Å²) < 4.78 is 31.9. The van der Waals surface area contributed by atoms with Crippen LogP contribution in [-0.4, -0.2) is 19.6 Å². The highest BCUT2D eigenvalue weighted by atomic mass is 32.3. The summed E-state index contributed by atoms with van der Waals surface area (Å²) in [6, 6.07) is 0. The Bertz CT molecular complexity index is 370. The van der Waals surface area contributed by atoms with E-state index in [-0.39, 0.29) is 0 Å². The zero-order chi connectivity index (χ0) is 12.3. The maximum absolute atomic E-state index is 11.3. The van der Waals surface area contributed by atoms with Crippen LogP contribution < -0.4 is 0 Å². The first-order valence-corrected chi connectivity index (χ1v) is 5.49. The van der Waals surface area contributed by atoms with E-state index in [4.69, 9.17) is 12.8 Å². The van der Waals surface area contributed by atoms with E-state index in [0.29, 0.717) is 0 Å². The molecule has 4 nitrogen and oxygen atoms in total. The second kappa shape index (κ2) is 4.24. The van der Waals surface area contributed by atoms with Crippen LogP contribution in [0.3, 0.4) is 0 Å². The minimum absolute atomic E-state index is 1.26. The molecule has 84 valence electrons. The van der Waals surface area contributed by atoms with Gasteiger partial charge in [-0.3, -0.25) is 0 Å². The molecule has 5 heteroatoms. The Hall–Kier alpha value is -1.01. The van der Waals surface area contributed by atoms with Gasteiger partial charge in [-0.15, -0.1) is 12.8 Å². The van der Waals surface area contributed by atoms with Crippen LogP contribution in [0.4, 0.5) is 0 Å². The molecule has 0 aliphatic carbocycles. The molecule has 0 amide bonds. The largest absolute Gasteiger partial charge is 0.402 e. The van der Waals surface area contributed by atoms with Crippen LogP contribution in [0.1, 0.15) is 27.7 Å². The second-order valence-corrected chi connectivity index (χ2v) is 5.03. The lowest BCUT2D eigenvalue weighted by Crippen LogP contribution is -2.33. The molecule has 0 saturated carbocycles. The van der Waals surface area contributed by atoms with Crippen molar-refractivity contribution in [2.45, 2.75) is 38.9 Å². The molecule has 0 bridgehead atoms. The van der Waals surface area contributed by atoms with Crippen LogP contribution in [-0.2, 0) is 18.8 Å². The van der Waals surface area contributed by atoms with Gasteiger partial charge in [0.1, 0.15) is 11.2 Å². The highest BCUT2D eigenvalue weighted by molar-refractivity contribution is 7.82. The van der Waals surface area contributed by atoms with Gasteiger partial charge in [0.25, 0.3) is 0 Å². The Kier molecular flexibility index (Phi) is 3.95. The van der Waals surface area contributed by atoms with E-state index in [9.17, 15) is 8.42 Å². The highest BCUT2D eigenvalue weighted by Crippen LogP contribution is 2.18. The topological polar surface area (TPSA) is 52.6 Å². The molecule has 0 spiro atoms. The van der Waals surface area contributed by atoms with E-state index in [2.05, 4.69) is 20.2 Å².